The summed E-state index contributed by atoms with van der Waals surface area (Å²) in [5, 5.41) is 3.38. The van der Waals surface area contributed by atoms with Crippen LogP contribution in [0.4, 0.5) is 5.69 Å². The molecule has 0 amide bonds. The lowest BCUT2D eigenvalue weighted by Gasteiger charge is -2.25. The molecule has 1 rings (SSSR count). The van der Waals surface area contributed by atoms with Crippen molar-refractivity contribution in [2.24, 2.45) is 0 Å². The second-order valence-corrected chi connectivity index (χ2v) is 4.49. The van der Waals surface area contributed by atoms with Gasteiger partial charge in [0.05, 0.1) is 0 Å². The summed E-state index contributed by atoms with van der Waals surface area (Å²) in [7, 11) is 4.21. The smallest absolute Gasteiger partial charge is 0.0366 e. The molecule has 1 aromatic rings. The Morgan fingerprint density at radius 3 is 2.69 bits per heavy atom. The summed E-state index contributed by atoms with van der Waals surface area (Å²) in [6.07, 6.45) is 2.46. The van der Waals surface area contributed by atoms with Gasteiger partial charge in [-0.1, -0.05) is 25.5 Å². The Kier molecular flexibility index (Phi) is 5.33. The van der Waals surface area contributed by atoms with Gasteiger partial charge >= 0.3 is 0 Å². The number of benzene rings is 1. The largest absolute Gasteiger partial charge is 0.373 e. The zero-order valence-electron chi connectivity index (χ0n) is 11.0. The van der Waals surface area contributed by atoms with E-state index in [-0.39, 0.29) is 0 Å². The van der Waals surface area contributed by atoms with E-state index in [1.807, 2.05) is 7.05 Å². The standard InChI is InChI=1S/C14H24N2/c1-5-7-13(15-3)11-16(4)14-9-6-8-12(2)10-14/h6,8-10,13,15H,5,7,11H2,1-4H3. The first kappa shape index (κ1) is 13.0. The molecule has 2 nitrogen and oxygen atoms in total. The van der Waals surface area contributed by atoms with Crippen LogP contribution in [0.15, 0.2) is 24.3 Å². The first-order chi connectivity index (χ1) is 7.67. The van der Waals surface area contributed by atoms with E-state index in [1.165, 1.54) is 24.1 Å². The van der Waals surface area contributed by atoms with Crippen LogP contribution in [0.5, 0.6) is 0 Å². The maximum Gasteiger partial charge on any atom is 0.0366 e. The Morgan fingerprint density at radius 1 is 1.38 bits per heavy atom. The highest BCUT2D eigenvalue weighted by Crippen LogP contribution is 2.15. The average molecular weight is 220 g/mol. The van der Waals surface area contributed by atoms with Gasteiger partial charge in [-0.25, -0.2) is 0 Å². The van der Waals surface area contributed by atoms with Gasteiger partial charge in [0.25, 0.3) is 0 Å². The van der Waals surface area contributed by atoms with Crippen LogP contribution < -0.4 is 10.2 Å². The molecule has 1 N–H and O–H groups in total. The molecule has 16 heavy (non-hydrogen) atoms. The number of nitrogens with one attached hydrogen (secondary N) is 1. The average Bonchev–Trinajstić information content (AvgIpc) is 2.28. The maximum atomic E-state index is 3.38. The van der Waals surface area contributed by atoms with Crippen molar-refractivity contribution in [2.75, 3.05) is 25.5 Å². The molecule has 0 aliphatic carbocycles. The normalized spacial score (nSPS) is 12.5. The summed E-state index contributed by atoms with van der Waals surface area (Å²) < 4.78 is 0. The fraction of sp³-hybridized carbons (Fsp3) is 0.571. The van der Waals surface area contributed by atoms with Crippen molar-refractivity contribution < 1.29 is 0 Å². The third-order valence-corrected chi connectivity index (χ3v) is 2.98. The van der Waals surface area contributed by atoms with E-state index < -0.39 is 0 Å². The van der Waals surface area contributed by atoms with Gasteiger partial charge in [0.1, 0.15) is 0 Å². The lowest BCUT2D eigenvalue weighted by Crippen LogP contribution is -2.37. The highest BCUT2D eigenvalue weighted by Gasteiger charge is 2.08. The Balaban J connectivity index is 2.60. The van der Waals surface area contributed by atoms with Gasteiger partial charge in [-0.15, -0.1) is 0 Å². The van der Waals surface area contributed by atoms with E-state index in [1.54, 1.807) is 0 Å². The molecular formula is C14H24N2. The summed E-state index contributed by atoms with van der Waals surface area (Å²) in [6.45, 7) is 5.43. The first-order valence-corrected chi connectivity index (χ1v) is 6.12. The fourth-order valence-electron chi connectivity index (χ4n) is 1.98. The van der Waals surface area contributed by atoms with Crippen LogP contribution in [0.25, 0.3) is 0 Å². The molecule has 0 saturated carbocycles. The van der Waals surface area contributed by atoms with Crippen LogP contribution in [-0.2, 0) is 0 Å². The van der Waals surface area contributed by atoms with Crippen molar-refractivity contribution in [2.45, 2.75) is 32.7 Å². The van der Waals surface area contributed by atoms with Gasteiger partial charge in [0.2, 0.25) is 0 Å². The number of hydrogen-bond donors (Lipinski definition) is 1. The molecule has 0 aromatic heterocycles. The monoisotopic (exact) mass is 220 g/mol. The van der Waals surface area contributed by atoms with Crippen LogP contribution in [0, 0.1) is 6.92 Å². The molecule has 0 fully saturated rings. The second kappa shape index (κ2) is 6.54. The zero-order chi connectivity index (χ0) is 12.0. The SMILES string of the molecule is CCCC(CN(C)c1cccc(C)c1)NC. The number of nitrogens with zero attached hydrogens (tertiary/aromatic N) is 1. The molecule has 0 saturated heterocycles. The minimum Gasteiger partial charge on any atom is -0.373 e. The van der Waals surface area contributed by atoms with Gasteiger partial charge in [-0.05, 0) is 38.1 Å². The van der Waals surface area contributed by atoms with Crippen LogP contribution in [0.3, 0.4) is 0 Å². The van der Waals surface area contributed by atoms with Gasteiger partial charge in [0, 0.05) is 25.3 Å². The molecule has 0 spiro atoms. The third kappa shape index (κ3) is 3.86. The van der Waals surface area contributed by atoms with Crippen molar-refractivity contribution in [1.82, 2.24) is 5.32 Å². The minimum absolute atomic E-state index is 0.579. The van der Waals surface area contributed by atoms with Crippen molar-refractivity contribution >= 4 is 5.69 Å². The number of aryl methyl sites for hydroxylation is 1. The van der Waals surface area contributed by atoms with E-state index in [0.29, 0.717) is 6.04 Å². The lowest BCUT2D eigenvalue weighted by molar-refractivity contribution is 0.515. The van der Waals surface area contributed by atoms with Crippen molar-refractivity contribution in [3.05, 3.63) is 29.8 Å². The van der Waals surface area contributed by atoms with E-state index in [9.17, 15) is 0 Å². The molecule has 0 aliphatic rings. The summed E-state index contributed by atoms with van der Waals surface area (Å²) in [5.41, 5.74) is 2.62. The molecule has 1 aromatic carbocycles. The highest BCUT2D eigenvalue weighted by molar-refractivity contribution is 5.47. The summed E-state index contributed by atoms with van der Waals surface area (Å²) in [4.78, 5) is 2.32. The lowest BCUT2D eigenvalue weighted by atomic mass is 10.1. The Morgan fingerprint density at radius 2 is 2.12 bits per heavy atom. The molecule has 0 heterocycles. The van der Waals surface area contributed by atoms with E-state index in [4.69, 9.17) is 0 Å². The number of rotatable bonds is 6. The van der Waals surface area contributed by atoms with Crippen molar-refractivity contribution in [3.8, 4) is 0 Å². The fourth-order valence-corrected chi connectivity index (χ4v) is 1.98. The van der Waals surface area contributed by atoms with Gasteiger partial charge in [-0.2, -0.15) is 0 Å². The van der Waals surface area contributed by atoms with Crippen molar-refractivity contribution in [1.29, 1.82) is 0 Å². The predicted octanol–water partition coefficient (Wildman–Crippen LogP) is 2.82. The van der Waals surface area contributed by atoms with Crippen LogP contribution in [0.2, 0.25) is 0 Å². The molecule has 0 radical (unpaired) electrons. The Hall–Kier alpha value is -1.02. The van der Waals surface area contributed by atoms with Crippen LogP contribution >= 0.6 is 0 Å². The number of likely N-dealkylation sites (N-methyl/N-ethyl adjacent to an activating group) is 2. The maximum absolute atomic E-state index is 3.38. The quantitative estimate of drug-likeness (QED) is 0.793. The highest BCUT2D eigenvalue weighted by atomic mass is 15.1. The molecule has 1 atom stereocenters. The van der Waals surface area contributed by atoms with E-state index in [0.717, 1.165) is 6.54 Å². The third-order valence-electron chi connectivity index (χ3n) is 2.98. The molecule has 0 bridgehead atoms. The Labute approximate surface area is 99.7 Å². The second-order valence-electron chi connectivity index (χ2n) is 4.49. The molecule has 90 valence electrons. The van der Waals surface area contributed by atoms with Gasteiger partial charge in [0.15, 0.2) is 0 Å². The first-order valence-electron chi connectivity index (χ1n) is 6.12. The van der Waals surface area contributed by atoms with Crippen LogP contribution in [0.1, 0.15) is 25.3 Å². The van der Waals surface area contributed by atoms with Gasteiger partial charge in [-0.3, -0.25) is 0 Å². The zero-order valence-corrected chi connectivity index (χ0v) is 11.0. The predicted molar refractivity (Wildman–Crippen MR) is 72.2 cm³/mol. The van der Waals surface area contributed by atoms with Crippen LogP contribution in [-0.4, -0.2) is 26.7 Å². The number of hydrogen-bond acceptors (Lipinski definition) is 2. The summed E-state index contributed by atoms with van der Waals surface area (Å²) in [5.74, 6) is 0. The summed E-state index contributed by atoms with van der Waals surface area (Å²) in [6, 6.07) is 9.24. The summed E-state index contributed by atoms with van der Waals surface area (Å²) >= 11 is 0. The number of anilines is 1. The topological polar surface area (TPSA) is 15.3 Å². The van der Waals surface area contributed by atoms with Crippen molar-refractivity contribution in [3.63, 3.8) is 0 Å². The minimum atomic E-state index is 0.579. The Bertz CT molecular complexity index is 309. The van der Waals surface area contributed by atoms with E-state index in [2.05, 4.69) is 55.4 Å². The molecule has 0 aliphatic heterocycles. The van der Waals surface area contributed by atoms with Gasteiger partial charge < -0.3 is 10.2 Å². The van der Waals surface area contributed by atoms with E-state index >= 15 is 0 Å². The molecular weight excluding hydrogens is 196 g/mol. The molecule has 1 unspecified atom stereocenters. The molecule has 2 heteroatoms.